The molecule has 0 aliphatic heterocycles. The lowest BCUT2D eigenvalue weighted by atomic mass is 10.2. The smallest absolute Gasteiger partial charge is 0.282 e. The number of ether oxygens (including phenoxy) is 2. The van der Waals surface area contributed by atoms with Crippen molar-refractivity contribution in [2.75, 3.05) is 19.0 Å². The van der Waals surface area contributed by atoms with Gasteiger partial charge in [0.05, 0.1) is 29.9 Å². The zero-order valence-corrected chi connectivity index (χ0v) is 23.8. The van der Waals surface area contributed by atoms with Gasteiger partial charge in [0.2, 0.25) is 0 Å². The molecular weight excluding hydrogens is 615 g/mol. The Morgan fingerprint density at radius 3 is 2.56 bits per heavy atom. The number of halogens is 3. The molecule has 1 N–H and O–H groups in total. The van der Waals surface area contributed by atoms with Crippen molar-refractivity contribution in [2.24, 2.45) is 5.10 Å². The number of aromatic nitrogens is 2. The summed E-state index contributed by atoms with van der Waals surface area (Å²) in [6, 6.07) is 23.7. The molecule has 1 heterocycles. The number of nitrogens with zero attached hydrogens (tertiary/aromatic N) is 3. The number of rotatable bonds is 8. The van der Waals surface area contributed by atoms with Gasteiger partial charge < -0.3 is 14.8 Å². The topological polar surface area (TPSA) is 94.8 Å². The largest absolute Gasteiger partial charge is 0.493 e. The van der Waals surface area contributed by atoms with E-state index in [1.165, 1.54) is 36.2 Å². The van der Waals surface area contributed by atoms with Crippen molar-refractivity contribution in [3.05, 3.63) is 116 Å². The number of benzene rings is 4. The van der Waals surface area contributed by atoms with E-state index in [2.05, 4.69) is 31.3 Å². The van der Waals surface area contributed by atoms with Gasteiger partial charge in [0.1, 0.15) is 10.8 Å². The van der Waals surface area contributed by atoms with Crippen LogP contribution in [-0.2, 0) is 4.79 Å². The summed E-state index contributed by atoms with van der Waals surface area (Å²) in [6.07, 6.45) is 1.44. The number of nitrogens with one attached hydrogen (secondary N) is 1. The molecule has 4 aromatic carbocycles. The lowest BCUT2D eigenvalue weighted by molar-refractivity contribution is -0.118. The first-order valence-corrected chi connectivity index (χ1v) is 13.4. The van der Waals surface area contributed by atoms with Crippen LogP contribution < -0.4 is 20.3 Å². The van der Waals surface area contributed by atoms with Gasteiger partial charge >= 0.3 is 0 Å². The van der Waals surface area contributed by atoms with E-state index in [0.717, 1.165) is 0 Å². The van der Waals surface area contributed by atoms with E-state index in [1.54, 1.807) is 30.3 Å². The maximum absolute atomic E-state index is 13.9. The standard InChI is InChI=1S/C30H21BrClFN4O4/c1-40-24-15-19(26(31)27(32)28(24)41-17-25(38)35-23-14-8-6-12-21(23)33)16-34-37-29(18-9-3-2-4-10-18)36-22-13-7-5-11-20(22)30(37)39/h2-16H,17H2,1H3,(H,35,38). The first-order chi connectivity index (χ1) is 19.9. The number of hydrogen-bond acceptors (Lipinski definition) is 6. The number of anilines is 1. The Morgan fingerprint density at radius 2 is 1.80 bits per heavy atom. The molecule has 1 amide bonds. The van der Waals surface area contributed by atoms with Crippen LogP contribution in [0.1, 0.15) is 5.56 Å². The van der Waals surface area contributed by atoms with Crippen LogP contribution >= 0.6 is 27.5 Å². The van der Waals surface area contributed by atoms with Gasteiger partial charge in [-0.1, -0.05) is 66.2 Å². The molecule has 0 aliphatic rings. The third-order valence-electron chi connectivity index (χ3n) is 5.97. The monoisotopic (exact) mass is 634 g/mol. The van der Waals surface area contributed by atoms with Crippen LogP contribution in [-0.4, -0.2) is 35.5 Å². The summed E-state index contributed by atoms with van der Waals surface area (Å²) >= 11 is 10.0. The molecule has 0 spiro atoms. The summed E-state index contributed by atoms with van der Waals surface area (Å²) in [4.78, 5) is 30.5. The van der Waals surface area contributed by atoms with Crippen LogP contribution in [0.25, 0.3) is 22.3 Å². The number of methoxy groups -OCH3 is 1. The van der Waals surface area contributed by atoms with E-state index in [0.29, 0.717) is 32.3 Å². The van der Waals surface area contributed by atoms with Crippen LogP contribution in [0.5, 0.6) is 11.5 Å². The summed E-state index contributed by atoms with van der Waals surface area (Å²) < 4.78 is 26.6. The quantitative estimate of drug-likeness (QED) is 0.196. The van der Waals surface area contributed by atoms with Crippen molar-refractivity contribution in [1.29, 1.82) is 0 Å². The molecule has 0 saturated heterocycles. The lowest BCUT2D eigenvalue weighted by Crippen LogP contribution is -2.21. The number of hydrogen-bond donors (Lipinski definition) is 1. The van der Waals surface area contributed by atoms with Crippen molar-refractivity contribution in [3.63, 3.8) is 0 Å². The molecule has 11 heteroatoms. The van der Waals surface area contributed by atoms with E-state index in [1.807, 2.05) is 36.4 Å². The van der Waals surface area contributed by atoms with Gasteiger partial charge in [0.25, 0.3) is 11.5 Å². The Hall–Kier alpha value is -4.54. The van der Waals surface area contributed by atoms with Crippen LogP contribution in [0, 0.1) is 5.82 Å². The van der Waals surface area contributed by atoms with E-state index in [9.17, 15) is 14.0 Å². The Balaban J connectivity index is 1.47. The Morgan fingerprint density at radius 1 is 1.10 bits per heavy atom. The fourth-order valence-corrected chi connectivity index (χ4v) is 4.65. The molecule has 41 heavy (non-hydrogen) atoms. The van der Waals surface area contributed by atoms with Crippen molar-refractivity contribution in [3.8, 4) is 22.9 Å². The average molecular weight is 636 g/mol. The van der Waals surface area contributed by atoms with E-state index >= 15 is 0 Å². The zero-order valence-electron chi connectivity index (χ0n) is 21.5. The average Bonchev–Trinajstić information content (AvgIpc) is 2.99. The van der Waals surface area contributed by atoms with Gasteiger partial charge in [0, 0.05) is 15.6 Å². The molecule has 0 atom stereocenters. The molecule has 5 rings (SSSR count). The van der Waals surface area contributed by atoms with Gasteiger partial charge in [-0.25, -0.2) is 9.37 Å². The maximum atomic E-state index is 13.9. The molecule has 0 fully saturated rings. The third kappa shape index (κ3) is 5.98. The molecule has 5 aromatic rings. The van der Waals surface area contributed by atoms with E-state index < -0.39 is 18.3 Å². The molecule has 0 unspecified atom stereocenters. The minimum absolute atomic E-state index is 0.0280. The highest BCUT2D eigenvalue weighted by Gasteiger charge is 2.19. The molecule has 206 valence electrons. The van der Waals surface area contributed by atoms with Gasteiger partial charge in [-0.3, -0.25) is 9.59 Å². The van der Waals surface area contributed by atoms with Crippen LogP contribution in [0.3, 0.4) is 0 Å². The van der Waals surface area contributed by atoms with E-state index in [4.69, 9.17) is 21.1 Å². The highest BCUT2D eigenvalue weighted by molar-refractivity contribution is 9.10. The molecule has 0 aliphatic carbocycles. The van der Waals surface area contributed by atoms with Crippen molar-refractivity contribution in [1.82, 2.24) is 9.66 Å². The molecule has 0 bridgehead atoms. The Labute approximate surface area is 247 Å². The van der Waals surface area contributed by atoms with E-state index in [-0.39, 0.29) is 27.8 Å². The number of para-hydroxylation sites is 2. The molecule has 1 aromatic heterocycles. The Bertz CT molecular complexity index is 1850. The van der Waals surface area contributed by atoms with Gasteiger partial charge in [-0.2, -0.15) is 9.78 Å². The van der Waals surface area contributed by atoms with Gasteiger partial charge in [-0.15, -0.1) is 0 Å². The van der Waals surface area contributed by atoms with Crippen LogP contribution in [0.4, 0.5) is 10.1 Å². The van der Waals surface area contributed by atoms with Crippen LogP contribution in [0.2, 0.25) is 5.02 Å². The second-order valence-electron chi connectivity index (χ2n) is 8.62. The predicted octanol–water partition coefficient (Wildman–Crippen LogP) is 6.53. The first kappa shape index (κ1) is 28.0. The predicted molar refractivity (Wildman–Crippen MR) is 161 cm³/mol. The number of carbonyl (C=O) groups excluding carboxylic acids is 1. The summed E-state index contributed by atoms with van der Waals surface area (Å²) in [7, 11) is 1.41. The molecule has 0 radical (unpaired) electrons. The van der Waals surface area contributed by atoms with Gasteiger partial charge in [-0.05, 0) is 46.3 Å². The molecular formula is C30H21BrClFN4O4. The fourth-order valence-electron chi connectivity index (χ4n) is 4.00. The number of carbonyl (C=O) groups is 1. The minimum atomic E-state index is -0.591. The summed E-state index contributed by atoms with van der Waals surface area (Å²) in [5.74, 6) is -0.492. The van der Waals surface area contributed by atoms with Crippen molar-refractivity contribution >= 4 is 56.2 Å². The highest BCUT2D eigenvalue weighted by Crippen LogP contribution is 2.42. The molecule has 8 nitrogen and oxygen atoms in total. The second kappa shape index (κ2) is 12.3. The minimum Gasteiger partial charge on any atom is -0.493 e. The number of amides is 1. The maximum Gasteiger partial charge on any atom is 0.282 e. The third-order valence-corrected chi connectivity index (χ3v) is 7.41. The summed E-state index contributed by atoms with van der Waals surface area (Å²) in [6.45, 7) is -0.455. The lowest BCUT2D eigenvalue weighted by Gasteiger charge is -2.15. The summed E-state index contributed by atoms with van der Waals surface area (Å²) in [5.41, 5.74) is 1.41. The first-order valence-electron chi connectivity index (χ1n) is 12.2. The summed E-state index contributed by atoms with van der Waals surface area (Å²) in [5, 5.41) is 7.44. The zero-order chi connectivity index (χ0) is 28.9. The highest BCUT2D eigenvalue weighted by atomic mass is 79.9. The SMILES string of the molecule is COc1cc(C=Nn2c(-c3ccccc3)nc3ccccc3c2=O)c(Br)c(Cl)c1OCC(=O)Nc1ccccc1F. The van der Waals surface area contributed by atoms with Gasteiger partial charge in [0.15, 0.2) is 23.9 Å². The Kier molecular flexibility index (Phi) is 8.42. The molecule has 0 saturated carbocycles. The van der Waals surface area contributed by atoms with Crippen LogP contribution in [0.15, 0.2) is 99.3 Å². The number of fused-ring (bicyclic) bond motifs is 1. The second-order valence-corrected chi connectivity index (χ2v) is 9.79. The van der Waals surface area contributed by atoms with Crippen molar-refractivity contribution in [2.45, 2.75) is 0 Å². The fraction of sp³-hybridized carbons (Fsp3) is 0.0667. The van der Waals surface area contributed by atoms with Crippen molar-refractivity contribution < 1.29 is 18.7 Å². The normalized spacial score (nSPS) is 11.1.